The molecule has 5 N–H and O–H groups in total. The standard InChI is InChI=1S/C26H33ClN4O6S/c1-13(27)18(22-20(33)19(32)21(34)24(37-22)38-3)31-25(35)26(29-2)23-17(12-30-26)10-16(8-9-36-23)15-6-4-14(11-28)5-7-15/h2,4-7,13,16-24,30,32-34H,8-10,12H2,1,3H3/p+1/t13-,16-,17-,18+,19?,20?,21+,22+,23+,24?,26-/m0/s1. The molecular weight excluding hydrogens is 532 g/mol. The predicted molar refractivity (Wildman–Crippen MR) is 143 cm³/mol. The molecule has 1 aromatic carbocycles. The van der Waals surface area contributed by atoms with E-state index in [1.165, 1.54) is 11.8 Å². The molecule has 3 heterocycles. The number of amides is 1. The van der Waals surface area contributed by atoms with Crippen molar-refractivity contribution >= 4 is 29.3 Å². The summed E-state index contributed by atoms with van der Waals surface area (Å²) in [5.74, 6) is -0.481. The van der Waals surface area contributed by atoms with Crippen LogP contribution >= 0.6 is 23.4 Å². The molecular formula is C26H34ClN4O6S+. The van der Waals surface area contributed by atoms with E-state index in [0.29, 0.717) is 18.7 Å². The van der Waals surface area contributed by atoms with E-state index in [1.807, 2.05) is 12.1 Å². The number of rotatable bonds is 6. The molecule has 3 fully saturated rings. The molecule has 0 aromatic heterocycles. The van der Waals surface area contributed by atoms with Crippen molar-refractivity contribution in [3.8, 4) is 12.6 Å². The third-order valence-electron chi connectivity index (χ3n) is 7.87. The van der Waals surface area contributed by atoms with Gasteiger partial charge in [-0.15, -0.1) is 23.4 Å². The van der Waals surface area contributed by atoms with E-state index in [0.717, 1.165) is 18.4 Å². The van der Waals surface area contributed by atoms with E-state index >= 15 is 0 Å². The summed E-state index contributed by atoms with van der Waals surface area (Å²) in [5.41, 5.74) is -0.717. The lowest BCUT2D eigenvalue weighted by molar-refractivity contribution is -0.205. The summed E-state index contributed by atoms with van der Waals surface area (Å²) < 4.78 is 12.0. The van der Waals surface area contributed by atoms with Crippen molar-refractivity contribution in [2.24, 2.45) is 5.92 Å². The van der Waals surface area contributed by atoms with Crippen LogP contribution in [0.1, 0.15) is 36.8 Å². The molecule has 4 rings (SSSR count). The highest BCUT2D eigenvalue weighted by Gasteiger charge is 2.65. The van der Waals surface area contributed by atoms with E-state index in [2.05, 4.69) is 21.5 Å². The molecule has 3 unspecified atom stereocenters. The summed E-state index contributed by atoms with van der Waals surface area (Å²) in [6.07, 6.45) is -2.84. The van der Waals surface area contributed by atoms with E-state index in [1.54, 1.807) is 25.3 Å². The van der Waals surface area contributed by atoms with Crippen LogP contribution in [0.2, 0.25) is 0 Å². The Hall–Kier alpha value is -1.93. The van der Waals surface area contributed by atoms with E-state index in [4.69, 9.17) is 32.9 Å². The van der Waals surface area contributed by atoms with Crippen LogP contribution in [-0.2, 0) is 14.3 Å². The number of thioether (sulfide) groups is 1. The first-order valence-corrected chi connectivity index (χ1v) is 14.4. The van der Waals surface area contributed by atoms with Gasteiger partial charge in [-0.3, -0.25) is 4.79 Å². The van der Waals surface area contributed by atoms with Gasteiger partial charge in [0, 0.05) is 19.1 Å². The van der Waals surface area contributed by atoms with E-state index in [-0.39, 0.29) is 11.8 Å². The van der Waals surface area contributed by atoms with Crippen molar-refractivity contribution < 1.29 is 29.6 Å². The van der Waals surface area contributed by atoms with Crippen LogP contribution in [0.25, 0.3) is 4.85 Å². The maximum atomic E-state index is 13.8. The Morgan fingerprint density at radius 3 is 2.63 bits per heavy atom. The first-order chi connectivity index (χ1) is 18.2. The molecule has 10 nitrogen and oxygen atoms in total. The van der Waals surface area contributed by atoms with E-state index < -0.39 is 58.9 Å². The van der Waals surface area contributed by atoms with Crippen LogP contribution in [0.3, 0.4) is 0 Å². The molecule has 3 aliphatic heterocycles. The molecule has 0 bridgehead atoms. The maximum absolute atomic E-state index is 13.8. The first kappa shape index (κ1) is 29.1. The van der Waals surface area contributed by atoms with Gasteiger partial charge in [-0.25, -0.2) is 5.32 Å². The Bertz CT molecular complexity index is 1080. The Labute approximate surface area is 231 Å². The van der Waals surface area contributed by atoms with Gasteiger partial charge in [-0.1, -0.05) is 12.1 Å². The van der Waals surface area contributed by atoms with Crippen molar-refractivity contribution in [1.82, 2.24) is 10.6 Å². The van der Waals surface area contributed by atoms with Gasteiger partial charge < -0.3 is 30.1 Å². The lowest BCUT2D eigenvalue weighted by Crippen LogP contribution is -2.67. The Balaban J connectivity index is 1.52. The lowest BCUT2D eigenvalue weighted by atomic mass is 9.84. The number of hydrogen-bond donors (Lipinski definition) is 5. The molecule has 0 spiro atoms. The van der Waals surface area contributed by atoms with Crippen molar-refractivity contribution in [2.45, 2.75) is 78.7 Å². The Morgan fingerprint density at radius 2 is 2.03 bits per heavy atom. The number of carbonyl (C=O) groups excluding carboxylic acids is 1. The maximum Gasteiger partial charge on any atom is 0.437 e. The van der Waals surface area contributed by atoms with Gasteiger partial charge in [0.1, 0.15) is 29.9 Å². The molecule has 0 saturated carbocycles. The zero-order valence-corrected chi connectivity index (χ0v) is 22.8. The van der Waals surface area contributed by atoms with E-state index in [9.17, 15) is 20.1 Å². The van der Waals surface area contributed by atoms with Crippen LogP contribution in [0.4, 0.5) is 0 Å². The molecule has 3 aliphatic rings. The number of fused-ring (bicyclic) bond motifs is 1. The number of nitrogens with zero attached hydrogens (tertiary/aromatic N) is 2. The number of ether oxygens (including phenoxy) is 2. The van der Waals surface area contributed by atoms with Gasteiger partial charge >= 0.3 is 11.6 Å². The fourth-order valence-electron chi connectivity index (χ4n) is 5.72. The minimum absolute atomic E-state index is 0.0718. The number of aliphatic hydroxyl groups is 3. The van der Waals surface area contributed by atoms with Crippen molar-refractivity contribution in [3.63, 3.8) is 0 Å². The number of nitriles is 1. The van der Waals surface area contributed by atoms with Crippen molar-refractivity contribution in [2.75, 3.05) is 19.4 Å². The summed E-state index contributed by atoms with van der Waals surface area (Å²) in [7, 11) is 0. The van der Waals surface area contributed by atoms with Crippen molar-refractivity contribution in [1.29, 1.82) is 5.26 Å². The number of halogens is 1. The summed E-state index contributed by atoms with van der Waals surface area (Å²) in [6.45, 7) is 8.31. The second-order valence-corrected chi connectivity index (χ2v) is 11.8. The number of benzene rings is 1. The summed E-state index contributed by atoms with van der Waals surface area (Å²) in [4.78, 5) is 17.8. The minimum atomic E-state index is -1.59. The van der Waals surface area contributed by atoms with Crippen LogP contribution in [0.15, 0.2) is 24.3 Å². The molecule has 206 valence electrons. The largest absolute Gasteiger partial charge is 0.437 e. The summed E-state index contributed by atoms with van der Waals surface area (Å²) >= 11 is 7.61. The van der Waals surface area contributed by atoms with Gasteiger partial charge in [0.25, 0.3) is 6.57 Å². The molecule has 11 atom stereocenters. The molecule has 0 aliphatic carbocycles. The smallest absolute Gasteiger partial charge is 0.388 e. The van der Waals surface area contributed by atoms with Gasteiger partial charge in [0.15, 0.2) is 6.10 Å². The van der Waals surface area contributed by atoms with Gasteiger partial charge in [0.2, 0.25) is 0 Å². The number of alkyl halides is 1. The topological polar surface area (TPSA) is 148 Å². The normalized spacial score (nSPS) is 38.6. The number of aliphatic hydroxyl groups excluding tert-OH is 3. The third kappa shape index (κ3) is 5.40. The van der Waals surface area contributed by atoms with Gasteiger partial charge in [-0.05, 0) is 54.5 Å². The minimum Gasteiger partial charge on any atom is -0.388 e. The highest BCUT2D eigenvalue weighted by Crippen LogP contribution is 2.40. The Morgan fingerprint density at radius 1 is 1.32 bits per heavy atom. The molecule has 38 heavy (non-hydrogen) atoms. The van der Waals surface area contributed by atoms with Crippen molar-refractivity contribution in [3.05, 3.63) is 40.2 Å². The summed E-state index contributed by atoms with van der Waals surface area (Å²) in [6, 6.07) is 8.69. The number of carbonyl (C=O) groups is 1. The summed E-state index contributed by atoms with van der Waals surface area (Å²) in [5, 5.41) is 45.7. The zero-order chi connectivity index (χ0) is 27.6. The quantitative estimate of drug-likeness (QED) is 0.318. The predicted octanol–water partition coefficient (Wildman–Crippen LogP) is 0.982. The van der Waals surface area contributed by atoms with Crippen LogP contribution in [0, 0.1) is 23.8 Å². The molecule has 1 amide bonds. The first-order valence-electron chi connectivity index (χ1n) is 12.6. The molecule has 0 radical (unpaired) electrons. The molecule has 12 heteroatoms. The zero-order valence-electron chi connectivity index (χ0n) is 21.2. The highest BCUT2D eigenvalue weighted by atomic mass is 35.5. The number of nitrogens with one attached hydrogen (secondary N) is 2. The Kier molecular flexibility index (Phi) is 9.23. The fraction of sp³-hybridized carbons (Fsp3) is 0.654. The monoisotopic (exact) mass is 565 g/mol. The second kappa shape index (κ2) is 12.1. The fourth-order valence-corrected chi connectivity index (χ4v) is 6.61. The second-order valence-electron chi connectivity index (χ2n) is 10.1. The molecule has 1 aromatic rings. The van der Waals surface area contributed by atoms with Gasteiger partial charge in [0.05, 0.1) is 23.1 Å². The SMILES string of the molecule is C#[N+][C@]1(C(=O)N[C@H]([C@H](C)Cl)[C@H]2OC(SC)[C@H](O)C(O)C2O)NC[C@@H]2C[C@@H](c3ccc(C#N)cc3)CCO[C@H]21. The molecule has 3 saturated heterocycles. The highest BCUT2D eigenvalue weighted by molar-refractivity contribution is 7.99. The van der Waals surface area contributed by atoms with Crippen LogP contribution < -0.4 is 10.6 Å². The van der Waals surface area contributed by atoms with Gasteiger partial charge in [-0.2, -0.15) is 5.26 Å². The lowest BCUT2D eigenvalue weighted by Gasteiger charge is -2.44. The average Bonchev–Trinajstić information content (AvgIpc) is 3.13. The number of hydrogen-bond acceptors (Lipinski definition) is 9. The average molecular weight is 566 g/mol. The van der Waals surface area contributed by atoms with Crippen LogP contribution in [0.5, 0.6) is 0 Å². The van der Waals surface area contributed by atoms with Crippen LogP contribution in [-0.4, -0.2) is 93.7 Å². The third-order valence-corrected chi connectivity index (χ3v) is 9.00.